The van der Waals surface area contributed by atoms with Crippen molar-refractivity contribution in [1.29, 1.82) is 0 Å². The molecular weight excluding hydrogens is 246 g/mol. The lowest BCUT2D eigenvalue weighted by Crippen LogP contribution is -2.42. The first-order valence-corrected chi connectivity index (χ1v) is 6.04. The van der Waals surface area contributed by atoms with Crippen molar-refractivity contribution in [3.8, 4) is 0 Å². The average molecular weight is 265 g/mol. The van der Waals surface area contributed by atoms with Gasteiger partial charge in [0, 0.05) is 6.20 Å². The van der Waals surface area contributed by atoms with Gasteiger partial charge in [0.25, 0.3) is 5.91 Å². The monoisotopic (exact) mass is 265 g/mol. The summed E-state index contributed by atoms with van der Waals surface area (Å²) in [6.07, 6.45) is 2.00. The van der Waals surface area contributed by atoms with E-state index >= 15 is 0 Å². The molecule has 0 aliphatic rings. The molecule has 1 aromatic heterocycles. The number of hydrogen-bond acceptors (Lipinski definition) is 5. The Morgan fingerprint density at radius 2 is 2.16 bits per heavy atom. The van der Waals surface area contributed by atoms with Gasteiger partial charge in [0.15, 0.2) is 0 Å². The van der Waals surface area contributed by atoms with Gasteiger partial charge in [-0.3, -0.25) is 4.79 Å². The van der Waals surface area contributed by atoms with Crippen LogP contribution in [0, 0.1) is 5.92 Å². The third kappa shape index (κ3) is 4.24. The van der Waals surface area contributed by atoms with Gasteiger partial charge in [0.05, 0.1) is 12.7 Å². The molecule has 6 heteroatoms. The predicted octanol–water partition coefficient (Wildman–Crippen LogP) is 0.981. The summed E-state index contributed by atoms with van der Waals surface area (Å²) in [5, 5.41) is 2.62. The molecule has 0 saturated carbocycles. The lowest BCUT2D eigenvalue weighted by atomic mass is 10.0. The van der Waals surface area contributed by atoms with Gasteiger partial charge in [-0.15, -0.1) is 0 Å². The van der Waals surface area contributed by atoms with Crippen LogP contribution in [0.25, 0.3) is 0 Å². The number of hydrogen-bond donors (Lipinski definition) is 2. The zero-order valence-corrected chi connectivity index (χ0v) is 11.3. The number of rotatable bonds is 5. The molecular formula is C13H19N3O3. The number of nitrogens with two attached hydrogens (primary N) is 1. The number of nitrogen functional groups attached to an aromatic ring is 1. The number of carbonyl (C=O) groups excluding carboxylic acids is 2. The summed E-state index contributed by atoms with van der Waals surface area (Å²) in [5.41, 5.74) is 5.87. The van der Waals surface area contributed by atoms with Crippen LogP contribution in [0.3, 0.4) is 0 Å². The molecule has 0 saturated heterocycles. The molecule has 1 heterocycles. The Hall–Kier alpha value is -2.11. The smallest absolute Gasteiger partial charge is 0.328 e. The van der Waals surface area contributed by atoms with Gasteiger partial charge in [-0.2, -0.15) is 0 Å². The Morgan fingerprint density at radius 3 is 2.68 bits per heavy atom. The number of anilines is 1. The summed E-state index contributed by atoms with van der Waals surface area (Å²) < 4.78 is 4.68. The van der Waals surface area contributed by atoms with E-state index in [1.165, 1.54) is 13.3 Å². The van der Waals surface area contributed by atoms with E-state index in [1.54, 1.807) is 12.1 Å². The maximum Gasteiger partial charge on any atom is 0.328 e. The quantitative estimate of drug-likeness (QED) is 0.774. The average Bonchev–Trinajstić information content (AvgIpc) is 2.36. The minimum atomic E-state index is -0.683. The Kier molecular flexibility index (Phi) is 5.29. The van der Waals surface area contributed by atoms with Gasteiger partial charge in [0.1, 0.15) is 11.9 Å². The Labute approximate surface area is 112 Å². The summed E-state index contributed by atoms with van der Waals surface area (Å²) in [5.74, 6) is -0.519. The normalized spacial score (nSPS) is 12.0. The molecule has 1 aromatic rings. The molecule has 0 radical (unpaired) electrons. The molecule has 1 atom stereocenters. The fraction of sp³-hybridized carbons (Fsp3) is 0.462. The van der Waals surface area contributed by atoms with Crippen LogP contribution in [-0.2, 0) is 9.53 Å². The zero-order chi connectivity index (χ0) is 14.4. The number of carbonyl (C=O) groups is 2. The molecule has 3 N–H and O–H groups in total. The first kappa shape index (κ1) is 14.9. The highest BCUT2D eigenvalue weighted by molar-refractivity contribution is 6.00. The standard InChI is InChI=1S/C13H19N3O3/c1-8(2)7-10(13(18)19-3)16-12(17)9-5-4-6-15-11(9)14/h4-6,8,10H,7H2,1-3H3,(H2,14,15)(H,16,17). The van der Waals surface area contributed by atoms with Crippen LogP contribution in [0.4, 0.5) is 5.82 Å². The van der Waals surface area contributed by atoms with Crippen LogP contribution in [0.1, 0.15) is 30.6 Å². The highest BCUT2D eigenvalue weighted by Gasteiger charge is 2.23. The van der Waals surface area contributed by atoms with E-state index in [1.807, 2.05) is 13.8 Å². The number of amides is 1. The van der Waals surface area contributed by atoms with Crippen molar-refractivity contribution in [3.63, 3.8) is 0 Å². The van der Waals surface area contributed by atoms with E-state index < -0.39 is 17.9 Å². The topological polar surface area (TPSA) is 94.3 Å². The molecule has 0 aliphatic heterocycles. The van der Waals surface area contributed by atoms with Gasteiger partial charge in [-0.05, 0) is 24.5 Å². The Balaban J connectivity index is 2.82. The second kappa shape index (κ2) is 6.72. The first-order chi connectivity index (χ1) is 8.95. The zero-order valence-electron chi connectivity index (χ0n) is 11.3. The largest absolute Gasteiger partial charge is 0.467 e. The maximum absolute atomic E-state index is 12.0. The van der Waals surface area contributed by atoms with E-state index in [2.05, 4.69) is 15.0 Å². The minimum absolute atomic E-state index is 0.133. The molecule has 0 spiro atoms. The predicted molar refractivity (Wildman–Crippen MR) is 71.4 cm³/mol. The number of ether oxygens (including phenoxy) is 1. The summed E-state index contributed by atoms with van der Waals surface area (Å²) in [7, 11) is 1.29. The third-order valence-electron chi connectivity index (χ3n) is 2.58. The van der Waals surface area contributed by atoms with Crippen molar-refractivity contribution in [3.05, 3.63) is 23.9 Å². The van der Waals surface area contributed by atoms with Crippen LogP contribution < -0.4 is 11.1 Å². The van der Waals surface area contributed by atoms with E-state index in [4.69, 9.17) is 5.73 Å². The molecule has 1 rings (SSSR count). The lowest BCUT2D eigenvalue weighted by molar-refractivity contribution is -0.143. The summed E-state index contributed by atoms with van der Waals surface area (Å²) >= 11 is 0. The van der Waals surface area contributed by atoms with Crippen LogP contribution in [-0.4, -0.2) is 30.0 Å². The van der Waals surface area contributed by atoms with Crippen molar-refractivity contribution < 1.29 is 14.3 Å². The van der Waals surface area contributed by atoms with Crippen LogP contribution in [0.5, 0.6) is 0 Å². The number of pyridine rings is 1. The highest BCUT2D eigenvalue weighted by Crippen LogP contribution is 2.10. The number of esters is 1. The molecule has 104 valence electrons. The van der Waals surface area contributed by atoms with E-state index in [0.717, 1.165) is 0 Å². The Bertz CT molecular complexity index is 460. The van der Waals surface area contributed by atoms with Crippen LogP contribution in [0.15, 0.2) is 18.3 Å². The molecule has 0 fully saturated rings. The Morgan fingerprint density at radius 1 is 1.47 bits per heavy atom. The van der Waals surface area contributed by atoms with E-state index in [9.17, 15) is 9.59 Å². The van der Waals surface area contributed by atoms with Gasteiger partial charge in [0.2, 0.25) is 0 Å². The fourth-order valence-corrected chi connectivity index (χ4v) is 1.67. The van der Waals surface area contributed by atoms with Crippen LogP contribution >= 0.6 is 0 Å². The van der Waals surface area contributed by atoms with Crippen molar-refractivity contribution in [1.82, 2.24) is 10.3 Å². The summed E-state index contributed by atoms with van der Waals surface area (Å²) in [6.45, 7) is 3.92. The molecule has 6 nitrogen and oxygen atoms in total. The molecule has 0 bridgehead atoms. The number of nitrogens with one attached hydrogen (secondary N) is 1. The molecule has 1 unspecified atom stereocenters. The first-order valence-electron chi connectivity index (χ1n) is 6.04. The number of methoxy groups -OCH3 is 1. The third-order valence-corrected chi connectivity index (χ3v) is 2.58. The molecule has 19 heavy (non-hydrogen) atoms. The maximum atomic E-state index is 12.0. The van der Waals surface area contributed by atoms with Crippen molar-refractivity contribution >= 4 is 17.7 Å². The lowest BCUT2D eigenvalue weighted by Gasteiger charge is -2.18. The van der Waals surface area contributed by atoms with Crippen molar-refractivity contribution in [2.75, 3.05) is 12.8 Å². The van der Waals surface area contributed by atoms with Gasteiger partial charge in [-0.25, -0.2) is 9.78 Å². The summed E-state index contributed by atoms with van der Waals surface area (Å²) in [6, 6.07) is 2.49. The van der Waals surface area contributed by atoms with Gasteiger partial charge < -0.3 is 15.8 Å². The summed E-state index contributed by atoms with van der Waals surface area (Å²) in [4.78, 5) is 27.5. The number of nitrogens with zero attached hydrogens (tertiary/aromatic N) is 1. The SMILES string of the molecule is COC(=O)C(CC(C)C)NC(=O)c1cccnc1N. The molecule has 0 aliphatic carbocycles. The second-order valence-electron chi connectivity index (χ2n) is 4.61. The van der Waals surface area contributed by atoms with E-state index in [0.29, 0.717) is 6.42 Å². The van der Waals surface area contributed by atoms with Crippen LogP contribution in [0.2, 0.25) is 0 Å². The molecule has 0 aromatic carbocycles. The van der Waals surface area contributed by atoms with E-state index in [-0.39, 0.29) is 17.3 Å². The fourth-order valence-electron chi connectivity index (χ4n) is 1.67. The van der Waals surface area contributed by atoms with Gasteiger partial charge in [-0.1, -0.05) is 13.8 Å². The van der Waals surface area contributed by atoms with Gasteiger partial charge >= 0.3 is 5.97 Å². The highest BCUT2D eigenvalue weighted by atomic mass is 16.5. The molecule has 1 amide bonds. The van der Waals surface area contributed by atoms with Crippen molar-refractivity contribution in [2.45, 2.75) is 26.3 Å². The second-order valence-corrected chi connectivity index (χ2v) is 4.61. The number of aromatic nitrogens is 1. The minimum Gasteiger partial charge on any atom is -0.467 e. The van der Waals surface area contributed by atoms with Crippen molar-refractivity contribution in [2.24, 2.45) is 5.92 Å².